The fraction of sp³-hybridized carbons (Fsp3) is 0.333. The number of anilines is 1. The Kier molecular flexibility index (Phi) is 11.1. The Morgan fingerprint density at radius 1 is 0.766 bits per heavy atom. The summed E-state index contributed by atoms with van der Waals surface area (Å²) in [6.07, 6.45) is 5.38. The maximum absolute atomic E-state index is 14.7. The number of nitrogens with one attached hydrogen (secondary N) is 1. The van der Waals surface area contributed by atoms with Gasteiger partial charge in [0, 0.05) is 19.0 Å². The molecule has 1 aliphatic carbocycles. The second kappa shape index (κ2) is 15.4. The Balaban J connectivity index is 1.58. The Morgan fingerprint density at radius 2 is 1.40 bits per heavy atom. The van der Waals surface area contributed by atoms with Crippen LogP contribution in [-0.2, 0) is 32.6 Å². The van der Waals surface area contributed by atoms with Crippen molar-refractivity contribution in [3.63, 3.8) is 0 Å². The van der Waals surface area contributed by atoms with Gasteiger partial charge in [0.15, 0.2) is 0 Å². The smallest absolute Gasteiger partial charge is 0.264 e. The quantitative estimate of drug-likeness (QED) is 0.181. The number of hydrogen-bond acceptors (Lipinski definition) is 4. The highest BCUT2D eigenvalue weighted by molar-refractivity contribution is 7.92. The molecule has 0 aliphatic heterocycles. The van der Waals surface area contributed by atoms with Gasteiger partial charge in [0.05, 0.1) is 10.6 Å². The molecule has 0 heterocycles. The minimum Gasteiger partial charge on any atom is -0.352 e. The average Bonchev–Trinajstić information content (AvgIpc) is 3.08. The number of benzene rings is 4. The molecule has 0 saturated heterocycles. The highest BCUT2D eigenvalue weighted by Crippen LogP contribution is 2.29. The maximum atomic E-state index is 14.7. The molecule has 1 fully saturated rings. The third-order valence-electron chi connectivity index (χ3n) is 9.15. The zero-order valence-electron chi connectivity index (χ0n) is 27.6. The number of carbonyl (C=O) groups is 2. The van der Waals surface area contributed by atoms with Gasteiger partial charge >= 0.3 is 0 Å². The summed E-state index contributed by atoms with van der Waals surface area (Å²) in [7, 11) is -4.14. The molecule has 0 bridgehead atoms. The molecule has 0 spiro atoms. The van der Waals surface area contributed by atoms with Crippen molar-refractivity contribution in [3.05, 3.63) is 131 Å². The van der Waals surface area contributed by atoms with Crippen LogP contribution in [0, 0.1) is 20.8 Å². The molecule has 47 heavy (non-hydrogen) atoms. The lowest BCUT2D eigenvalue weighted by Gasteiger charge is -2.35. The zero-order valence-corrected chi connectivity index (χ0v) is 28.4. The Bertz CT molecular complexity index is 1750. The van der Waals surface area contributed by atoms with E-state index in [-0.39, 0.29) is 23.4 Å². The third-order valence-corrected chi connectivity index (χ3v) is 10.9. The van der Waals surface area contributed by atoms with Gasteiger partial charge in [0.25, 0.3) is 10.0 Å². The average molecular weight is 652 g/mol. The number of amides is 2. The molecule has 4 aromatic carbocycles. The highest BCUT2D eigenvalue weighted by Gasteiger charge is 2.36. The summed E-state index contributed by atoms with van der Waals surface area (Å²) in [6, 6.07) is 30.4. The molecule has 1 atom stereocenters. The van der Waals surface area contributed by atoms with Gasteiger partial charge in [-0.3, -0.25) is 13.9 Å². The SMILES string of the molecule is Cc1ccc(CN(C(=O)CN(c2cccc(C)c2C)S(=O)(=O)c2ccccc2)[C@H](Cc2ccccc2)C(=O)NC2CCCCC2)cc1. The van der Waals surface area contributed by atoms with Crippen LogP contribution < -0.4 is 9.62 Å². The molecular weight excluding hydrogens is 607 g/mol. The molecule has 8 heteroatoms. The molecule has 1 saturated carbocycles. The van der Waals surface area contributed by atoms with Crippen LogP contribution in [0.15, 0.2) is 108 Å². The van der Waals surface area contributed by atoms with Crippen LogP contribution in [0.5, 0.6) is 0 Å². The van der Waals surface area contributed by atoms with Crippen molar-refractivity contribution in [2.45, 2.75) is 82.8 Å². The molecular formula is C39H45N3O4S. The van der Waals surface area contributed by atoms with E-state index in [0.717, 1.165) is 59.9 Å². The fourth-order valence-corrected chi connectivity index (χ4v) is 7.72. The Hall–Kier alpha value is -4.43. The van der Waals surface area contributed by atoms with Gasteiger partial charge in [-0.05, 0) is 74.1 Å². The molecule has 0 unspecified atom stereocenters. The van der Waals surface area contributed by atoms with Gasteiger partial charge in [-0.1, -0.05) is 110 Å². The zero-order chi connectivity index (χ0) is 33.4. The summed E-state index contributed by atoms with van der Waals surface area (Å²) < 4.78 is 29.8. The summed E-state index contributed by atoms with van der Waals surface area (Å²) in [5.41, 5.74) is 4.97. The summed E-state index contributed by atoms with van der Waals surface area (Å²) in [4.78, 5) is 30.7. The summed E-state index contributed by atoms with van der Waals surface area (Å²) in [5.74, 6) is -0.670. The third kappa shape index (κ3) is 8.49. The van der Waals surface area contributed by atoms with Crippen molar-refractivity contribution < 1.29 is 18.0 Å². The largest absolute Gasteiger partial charge is 0.352 e. The highest BCUT2D eigenvalue weighted by atomic mass is 32.2. The van der Waals surface area contributed by atoms with E-state index in [9.17, 15) is 18.0 Å². The van der Waals surface area contributed by atoms with E-state index in [1.807, 2.05) is 81.4 Å². The first kappa shape index (κ1) is 33.9. The van der Waals surface area contributed by atoms with Crippen molar-refractivity contribution >= 4 is 27.5 Å². The minimum atomic E-state index is -4.14. The first-order valence-electron chi connectivity index (χ1n) is 16.5. The van der Waals surface area contributed by atoms with Crippen LogP contribution in [0.2, 0.25) is 0 Å². The molecule has 2 amide bonds. The van der Waals surface area contributed by atoms with Gasteiger partial charge in [-0.25, -0.2) is 8.42 Å². The number of carbonyl (C=O) groups excluding carboxylic acids is 2. The summed E-state index contributed by atoms with van der Waals surface area (Å²) in [5, 5.41) is 3.26. The number of nitrogens with zero attached hydrogens (tertiary/aromatic N) is 2. The van der Waals surface area contributed by atoms with E-state index in [1.54, 1.807) is 35.2 Å². The van der Waals surface area contributed by atoms with Crippen LogP contribution in [0.3, 0.4) is 0 Å². The predicted octanol–water partition coefficient (Wildman–Crippen LogP) is 6.90. The van der Waals surface area contributed by atoms with E-state index < -0.39 is 28.5 Å². The van der Waals surface area contributed by atoms with Gasteiger partial charge in [0.2, 0.25) is 11.8 Å². The van der Waals surface area contributed by atoms with Gasteiger partial charge in [0.1, 0.15) is 12.6 Å². The monoisotopic (exact) mass is 651 g/mol. The number of sulfonamides is 1. The van der Waals surface area contributed by atoms with E-state index in [2.05, 4.69) is 5.32 Å². The summed E-state index contributed by atoms with van der Waals surface area (Å²) >= 11 is 0. The van der Waals surface area contributed by atoms with Crippen LogP contribution >= 0.6 is 0 Å². The van der Waals surface area contributed by atoms with E-state index in [4.69, 9.17) is 0 Å². The lowest BCUT2D eigenvalue weighted by Crippen LogP contribution is -2.55. The first-order valence-corrected chi connectivity index (χ1v) is 17.9. The second-order valence-corrected chi connectivity index (χ2v) is 14.5. The van der Waals surface area contributed by atoms with Crippen LogP contribution in [0.1, 0.15) is 59.9 Å². The lowest BCUT2D eigenvalue weighted by atomic mass is 9.94. The van der Waals surface area contributed by atoms with Crippen LogP contribution in [-0.4, -0.2) is 43.8 Å². The van der Waals surface area contributed by atoms with Crippen molar-refractivity contribution in [2.24, 2.45) is 0 Å². The van der Waals surface area contributed by atoms with Gasteiger partial charge in [-0.15, -0.1) is 0 Å². The molecule has 1 N–H and O–H groups in total. The number of aryl methyl sites for hydroxylation is 2. The molecule has 4 aromatic rings. The molecule has 0 radical (unpaired) electrons. The predicted molar refractivity (Wildman–Crippen MR) is 188 cm³/mol. The molecule has 246 valence electrons. The van der Waals surface area contributed by atoms with Crippen LogP contribution in [0.4, 0.5) is 5.69 Å². The minimum absolute atomic E-state index is 0.0516. The topological polar surface area (TPSA) is 86.8 Å². The first-order chi connectivity index (χ1) is 22.6. The van der Waals surface area contributed by atoms with Gasteiger partial charge in [-0.2, -0.15) is 0 Å². The second-order valence-electron chi connectivity index (χ2n) is 12.6. The molecule has 0 aromatic heterocycles. The standard InChI is InChI=1S/C39H45N3O4S/c1-29-22-24-33(25-23-29)27-41(37(26-32-15-7-4-8-16-32)39(44)40-34-17-9-5-10-18-34)38(43)28-42(36-21-13-14-30(2)31(36)3)47(45,46)35-19-11-6-12-20-35/h4,6-8,11-16,19-25,34,37H,5,9-10,17-18,26-28H2,1-3H3,(H,40,44)/t37-/m1/s1. The van der Waals surface area contributed by atoms with Crippen molar-refractivity contribution in [1.29, 1.82) is 0 Å². The van der Waals surface area contributed by atoms with Gasteiger partial charge < -0.3 is 10.2 Å². The maximum Gasteiger partial charge on any atom is 0.264 e. The normalized spacial score (nSPS) is 14.3. The van der Waals surface area contributed by atoms with Crippen LogP contribution in [0.25, 0.3) is 0 Å². The molecule has 5 rings (SSSR count). The number of rotatable bonds is 12. The lowest BCUT2D eigenvalue weighted by molar-refractivity contribution is -0.140. The van der Waals surface area contributed by atoms with Crippen molar-refractivity contribution in [3.8, 4) is 0 Å². The van der Waals surface area contributed by atoms with E-state index in [0.29, 0.717) is 12.1 Å². The van der Waals surface area contributed by atoms with E-state index in [1.165, 1.54) is 16.4 Å². The van der Waals surface area contributed by atoms with Crippen molar-refractivity contribution in [2.75, 3.05) is 10.8 Å². The molecule has 1 aliphatic rings. The fourth-order valence-electron chi connectivity index (χ4n) is 6.23. The van der Waals surface area contributed by atoms with Crippen molar-refractivity contribution in [1.82, 2.24) is 10.2 Å². The number of hydrogen-bond donors (Lipinski definition) is 1. The van der Waals surface area contributed by atoms with E-state index >= 15 is 0 Å². The Morgan fingerprint density at radius 3 is 2.06 bits per heavy atom. The molecule has 7 nitrogen and oxygen atoms in total. The summed E-state index contributed by atoms with van der Waals surface area (Å²) in [6.45, 7) is 5.47. The Labute approximate surface area is 279 Å².